The highest BCUT2D eigenvalue weighted by Gasteiger charge is 2.08. The Kier molecular flexibility index (Phi) is 5.77. The van der Waals surface area contributed by atoms with Crippen LogP contribution in [0.4, 0.5) is 0 Å². The predicted molar refractivity (Wildman–Crippen MR) is 90.7 cm³/mol. The van der Waals surface area contributed by atoms with Gasteiger partial charge < -0.3 is 15.2 Å². The van der Waals surface area contributed by atoms with Gasteiger partial charge in [-0.1, -0.05) is 35.4 Å². The molecule has 0 heterocycles. The van der Waals surface area contributed by atoms with Crippen LogP contribution in [0.2, 0.25) is 0 Å². The molecule has 122 valence electrons. The lowest BCUT2D eigenvalue weighted by Gasteiger charge is -2.10. The fourth-order valence-electron chi connectivity index (χ4n) is 2.39. The minimum absolute atomic E-state index is 0.220. The molecule has 0 aliphatic rings. The number of hydrogen-bond acceptors (Lipinski definition) is 3. The van der Waals surface area contributed by atoms with Gasteiger partial charge in [0, 0.05) is 12.1 Å². The van der Waals surface area contributed by atoms with E-state index in [-0.39, 0.29) is 12.5 Å². The zero-order valence-corrected chi connectivity index (χ0v) is 13.8. The maximum Gasteiger partial charge on any atom is 0.251 e. The van der Waals surface area contributed by atoms with Crippen LogP contribution in [-0.2, 0) is 6.61 Å². The molecule has 2 aromatic rings. The predicted octanol–water partition coefficient (Wildman–Crippen LogP) is 2.99. The van der Waals surface area contributed by atoms with Gasteiger partial charge >= 0.3 is 0 Å². The summed E-state index contributed by atoms with van der Waals surface area (Å²) in [6, 6.07) is 13.3. The Bertz CT molecular complexity index is 660. The average Bonchev–Trinajstić information content (AvgIpc) is 2.50. The second kappa shape index (κ2) is 7.79. The van der Waals surface area contributed by atoms with Crippen molar-refractivity contribution in [2.45, 2.75) is 33.5 Å². The maximum atomic E-state index is 12.0. The molecule has 0 aliphatic carbocycles. The summed E-state index contributed by atoms with van der Waals surface area (Å²) < 4.78 is 5.79. The molecule has 2 rings (SSSR count). The number of aliphatic hydroxyl groups excluding tert-OH is 1. The Morgan fingerprint density at radius 1 is 1.17 bits per heavy atom. The Morgan fingerprint density at radius 2 is 1.87 bits per heavy atom. The molecular formula is C19H23NO3. The fourth-order valence-corrected chi connectivity index (χ4v) is 2.39. The van der Waals surface area contributed by atoms with Crippen molar-refractivity contribution in [1.29, 1.82) is 0 Å². The van der Waals surface area contributed by atoms with Crippen LogP contribution in [0.25, 0.3) is 0 Å². The van der Waals surface area contributed by atoms with E-state index in [0.717, 1.165) is 5.56 Å². The van der Waals surface area contributed by atoms with Crippen molar-refractivity contribution in [3.63, 3.8) is 0 Å². The number of aryl methyl sites for hydroxylation is 2. The monoisotopic (exact) mass is 313 g/mol. The van der Waals surface area contributed by atoms with Crippen LogP contribution in [0.5, 0.6) is 5.75 Å². The molecule has 0 saturated carbocycles. The third kappa shape index (κ3) is 5.42. The first-order valence-corrected chi connectivity index (χ1v) is 7.70. The summed E-state index contributed by atoms with van der Waals surface area (Å²) in [6.07, 6.45) is -0.567. The Morgan fingerprint density at radius 3 is 2.52 bits per heavy atom. The van der Waals surface area contributed by atoms with Gasteiger partial charge in [-0.3, -0.25) is 4.79 Å². The summed E-state index contributed by atoms with van der Waals surface area (Å²) in [4.78, 5) is 12.0. The molecule has 1 atom stereocenters. The molecule has 2 aromatic carbocycles. The SMILES string of the molecule is Cc1cc(C)cc(COc2cccc(C(=O)NCC(C)O)c2)c1. The molecule has 4 heteroatoms. The zero-order chi connectivity index (χ0) is 16.8. The van der Waals surface area contributed by atoms with Gasteiger partial charge in [0.15, 0.2) is 0 Å². The van der Waals surface area contributed by atoms with Crippen LogP contribution in [0, 0.1) is 13.8 Å². The summed E-state index contributed by atoms with van der Waals surface area (Å²) in [5.41, 5.74) is 4.03. The van der Waals surface area contributed by atoms with Crippen molar-refractivity contribution >= 4 is 5.91 Å². The second-order valence-electron chi connectivity index (χ2n) is 5.87. The first kappa shape index (κ1) is 17.0. The standard InChI is InChI=1S/C19H23NO3/c1-13-7-14(2)9-16(8-13)12-23-18-6-4-5-17(10-18)19(22)20-11-15(3)21/h4-10,15,21H,11-12H2,1-3H3,(H,20,22). The van der Waals surface area contributed by atoms with Crippen LogP contribution in [-0.4, -0.2) is 23.7 Å². The number of nitrogens with one attached hydrogen (secondary N) is 1. The highest BCUT2D eigenvalue weighted by Crippen LogP contribution is 2.16. The van der Waals surface area contributed by atoms with Crippen molar-refractivity contribution in [2.24, 2.45) is 0 Å². The summed E-state index contributed by atoms with van der Waals surface area (Å²) in [7, 11) is 0. The Hall–Kier alpha value is -2.33. The molecule has 0 spiro atoms. The molecular weight excluding hydrogens is 290 g/mol. The number of hydrogen-bond donors (Lipinski definition) is 2. The van der Waals surface area contributed by atoms with Gasteiger partial charge in [-0.15, -0.1) is 0 Å². The van der Waals surface area contributed by atoms with Crippen molar-refractivity contribution in [1.82, 2.24) is 5.32 Å². The molecule has 2 N–H and O–H groups in total. The first-order valence-electron chi connectivity index (χ1n) is 7.70. The third-order valence-electron chi connectivity index (χ3n) is 3.34. The molecule has 4 nitrogen and oxygen atoms in total. The summed E-state index contributed by atoms with van der Waals surface area (Å²) in [6.45, 7) is 6.44. The summed E-state index contributed by atoms with van der Waals surface area (Å²) in [5, 5.41) is 11.9. The molecule has 1 amide bonds. The van der Waals surface area contributed by atoms with Gasteiger partial charge in [-0.25, -0.2) is 0 Å². The van der Waals surface area contributed by atoms with E-state index >= 15 is 0 Å². The Labute approximate surface area is 137 Å². The smallest absolute Gasteiger partial charge is 0.251 e. The molecule has 0 aromatic heterocycles. The number of benzene rings is 2. The fraction of sp³-hybridized carbons (Fsp3) is 0.316. The third-order valence-corrected chi connectivity index (χ3v) is 3.34. The second-order valence-corrected chi connectivity index (χ2v) is 5.87. The van der Waals surface area contributed by atoms with E-state index in [2.05, 4.69) is 37.4 Å². The van der Waals surface area contributed by atoms with E-state index in [0.29, 0.717) is 17.9 Å². The van der Waals surface area contributed by atoms with Gasteiger partial charge in [-0.05, 0) is 44.5 Å². The van der Waals surface area contributed by atoms with Gasteiger partial charge in [0.05, 0.1) is 6.10 Å². The van der Waals surface area contributed by atoms with E-state index in [1.54, 1.807) is 25.1 Å². The van der Waals surface area contributed by atoms with Crippen LogP contribution < -0.4 is 10.1 Å². The lowest BCUT2D eigenvalue weighted by atomic mass is 10.1. The minimum Gasteiger partial charge on any atom is -0.489 e. The molecule has 23 heavy (non-hydrogen) atoms. The van der Waals surface area contributed by atoms with Crippen molar-refractivity contribution < 1.29 is 14.6 Å². The highest BCUT2D eigenvalue weighted by molar-refractivity contribution is 5.94. The first-order chi connectivity index (χ1) is 10.9. The van der Waals surface area contributed by atoms with Gasteiger partial charge in [0.2, 0.25) is 0 Å². The molecule has 0 bridgehead atoms. The van der Waals surface area contributed by atoms with E-state index in [9.17, 15) is 9.90 Å². The largest absolute Gasteiger partial charge is 0.489 e. The zero-order valence-electron chi connectivity index (χ0n) is 13.8. The number of aliphatic hydroxyl groups is 1. The van der Waals surface area contributed by atoms with E-state index < -0.39 is 6.10 Å². The topological polar surface area (TPSA) is 58.6 Å². The number of ether oxygens (including phenoxy) is 1. The highest BCUT2D eigenvalue weighted by atomic mass is 16.5. The van der Waals surface area contributed by atoms with Crippen LogP contribution in [0.1, 0.15) is 34.0 Å². The van der Waals surface area contributed by atoms with E-state index in [4.69, 9.17) is 4.74 Å². The average molecular weight is 313 g/mol. The number of carbonyl (C=O) groups excluding carboxylic acids is 1. The molecule has 1 unspecified atom stereocenters. The van der Waals surface area contributed by atoms with Crippen LogP contribution >= 0.6 is 0 Å². The number of amides is 1. The van der Waals surface area contributed by atoms with E-state index in [1.807, 2.05) is 6.07 Å². The molecule has 0 aliphatic heterocycles. The van der Waals surface area contributed by atoms with Crippen LogP contribution in [0.3, 0.4) is 0 Å². The van der Waals surface area contributed by atoms with Gasteiger partial charge in [-0.2, -0.15) is 0 Å². The van der Waals surface area contributed by atoms with Gasteiger partial charge in [0.25, 0.3) is 5.91 Å². The normalized spacial score (nSPS) is 11.8. The van der Waals surface area contributed by atoms with E-state index in [1.165, 1.54) is 11.1 Å². The summed E-state index contributed by atoms with van der Waals surface area (Å²) >= 11 is 0. The lowest BCUT2D eigenvalue weighted by Crippen LogP contribution is -2.30. The maximum absolute atomic E-state index is 12.0. The molecule has 0 fully saturated rings. The lowest BCUT2D eigenvalue weighted by molar-refractivity contribution is 0.0923. The minimum atomic E-state index is -0.567. The molecule has 0 saturated heterocycles. The summed E-state index contributed by atoms with van der Waals surface area (Å²) in [5.74, 6) is 0.427. The quantitative estimate of drug-likeness (QED) is 0.862. The van der Waals surface area contributed by atoms with Gasteiger partial charge in [0.1, 0.15) is 12.4 Å². The van der Waals surface area contributed by atoms with Crippen molar-refractivity contribution in [2.75, 3.05) is 6.54 Å². The number of carbonyl (C=O) groups is 1. The Balaban J connectivity index is 2.01. The number of rotatable bonds is 6. The van der Waals surface area contributed by atoms with Crippen molar-refractivity contribution in [3.8, 4) is 5.75 Å². The molecule has 0 radical (unpaired) electrons. The van der Waals surface area contributed by atoms with Crippen LogP contribution in [0.15, 0.2) is 42.5 Å². The van der Waals surface area contributed by atoms with Crippen molar-refractivity contribution in [3.05, 3.63) is 64.7 Å².